The van der Waals surface area contributed by atoms with Gasteiger partial charge in [0.2, 0.25) is 17.5 Å². The summed E-state index contributed by atoms with van der Waals surface area (Å²) in [6.07, 6.45) is 1.55. The van der Waals surface area contributed by atoms with Gasteiger partial charge >= 0.3 is 0 Å². The number of likely N-dealkylation sites (tertiary alicyclic amines) is 1. The maximum atomic E-state index is 13.4. The average molecular weight is 444 g/mol. The molecule has 1 aliphatic rings. The van der Waals surface area contributed by atoms with E-state index in [1.54, 1.807) is 23.1 Å². The predicted molar refractivity (Wildman–Crippen MR) is 114 cm³/mol. The molecule has 0 saturated carbocycles. The van der Waals surface area contributed by atoms with E-state index in [0.29, 0.717) is 51.7 Å². The highest BCUT2D eigenvalue weighted by molar-refractivity contribution is 6.33. The Morgan fingerprint density at radius 3 is 2.48 bits per heavy atom. The third kappa shape index (κ3) is 3.90. The molecular formula is C22H22ClN3O5. The quantitative estimate of drug-likeness (QED) is 0.558. The molecule has 8 nitrogen and oxygen atoms in total. The first-order valence-corrected chi connectivity index (χ1v) is 10.1. The Hall–Kier alpha value is -3.26. The minimum atomic E-state index is -0.324. The lowest BCUT2D eigenvalue weighted by Gasteiger charge is -2.23. The standard InChI is InChI=1S/C22H22ClN3O5/c1-28-17-11-13(12-18(29-2)19(17)30-3)22(27)26-10-6-9-16(26)21-24-20(25-31-21)14-7-4-5-8-15(14)23/h4-5,7-8,11-12,16H,6,9-10H2,1-3H3/t16-/m1/s1. The van der Waals surface area contributed by atoms with Crippen molar-refractivity contribution in [2.45, 2.75) is 18.9 Å². The van der Waals surface area contributed by atoms with Crippen LogP contribution in [0.5, 0.6) is 17.2 Å². The van der Waals surface area contributed by atoms with Crippen LogP contribution in [-0.2, 0) is 0 Å². The van der Waals surface area contributed by atoms with Crippen molar-refractivity contribution in [2.75, 3.05) is 27.9 Å². The average Bonchev–Trinajstić information content (AvgIpc) is 3.47. The summed E-state index contributed by atoms with van der Waals surface area (Å²) in [5.74, 6) is 1.86. The SMILES string of the molecule is COc1cc(C(=O)N2CCC[C@@H]2c2nc(-c3ccccc3Cl)no2)cc(OC)c1OC. The van der Waals surface area contributed by atoms with Crippen LogP contribution in [0.2, 0.25) is 5.02 Å². The van der Waals surface area contributed by atoms with E-state index in [9.17, 15) is 4.79 Å². The Bertz CT molecular complexity index is 1080. The first-order chi connectivity index (χ1) is 15.1. The van der Waals surface area contributed by atoms with Gasteiger partial charge in [0.15, 0.2) is 11.5 Å². The second kappa shape index (κ2) is 8.85. The van der Waals surface area contributed by atoms with Crippen molar-refractivity contribution in [3.63, 3.8) is 0 Å². The van der Waals surface area contributed by atoms with Crippen LogP contribution in [0.25, 0.3) is 11.4 Å². The Labute approximate surface area is 184 Å². The summed E-state index contributed by atoms with van der Waals surface area (Å²) in [5.41, 5.74) is 1.10. The van der Waals surface area contributed by atoms with Crippen molar-refractivity contribution in [1.82, 2.24) is 15.0 Å². The summed E-state index contributed by atoms with van der Waals surface area (Å²) >= 11 is 6.25. The summed E-state index contributed by atoms with van der Waals surface area (Å²) in [6.45, 7) is 0.573. The molecular weight excluding hydrogens is 422 g/mol. The molecule has 0 N–H and O–H groups in total. The fourth-order valence-electron chi connectivity index (χ4n) is 3.76. The minimum Gasteiger partial charge on any atom is -0.493 e. The largest absolute Gasteiger partial charge is 0.493 e. The minimum absolute atomic E-state index is 0.181. The number of hydrogen-bond donors (Lipinski definition) is 0. The molecule has 1 aromatic heterocycles. The van der Waals surface area contributed by atoms with Crippen molar-refractivity contribution in [3.8, 4) is 28.6 Å². The van der Waals surface area contributed by atoms with Crippen LogP contribution in [0.3, 0.4) is 0 Å². The molecule has 0 aliphatic carbocycles. The normalized spacial score (nSPS) is 15.7. The van der Waals surface area contributed by atoms with Crippen molar-refractivity contribution >= 4 is 17.5 Å². The third-order valence-electron chi connectivity index (χ3n) is 5.27. The maximum absolute atomic E-state index is 13.4. The zero-order valence-corrected chi connectivity index (χ0v) is 18.2. The second-order valence-corrected chi connectivity index (χ2v) is 7.41. The van der Waals surface area contributed by atoms with E-state index in [-0.39, 0.29) is 11.9 Å². The number of methoxy groups -OCH3 is 3. The lowest BCUT2D eigenvalue weighted by Crippen LogP contribution is -2.30. The summed E-state index contributed by atoms with van der Waals surface area (Å²) in [4.78, 5) is 19.6. The molecule has 0 spiro atoms. The molecule has 0 unspecified atom stereocenters. The molecule has 2 heterocycles. The van der Waals surface area contributed by atoms with E-state index >= 15 is 0 Å². The zero-order chi connectivity index (χ0) is 22.0. The Kier molecular flexibility index (Phi) is 5.99. The number of aromatic nitrogens is 2. The zero-order valence-electron chi connectivity index (χ0n) is 17.4. The van der Waals surface area contributed by atoms with Gasteiger partial charge in [-0.3, -0.25) is 4.79 Å². The van der Waals surface area contributed by atoms with Crippen LogP contribution in [0.1, 0.15) is 35.1 Å². The molecule has 4 rings (SSSR count). The predicted octanol–water partition coefficient (Wildman–Crippen LogP) is 4.39. The topological polar surface area (TPSA) is 86.9 Å². The van der Waals surface area contributed by atoms with Gasteiger partial charge < -0.3 is 23.6 Å². The van der Waals surface area contributed by atoms with Crippen LogP contribution in [0.15, 0.2) is 40.9 Å². The highest BCUT2D eigenvalue weighted by atomic mass is 35.5. The molecule has 1 amide bonds. The highest BCUT2D eigenvalue weighted by Gasteiger charge is 2.35. The van der Waals surface area contributed by atoms with Gasteiger partial charge in [-0.15, -0.1) is 0 Å². The van der Waals surface area contributed by atoms with E-state index in [2.05, 4.69) is 10.1 Å². The molecule has 31 heavy (non-hydrogen) atoms. The van der Waals surface area contributed by atoms with Crippen LogP contribution in [0.4, 0.5) is 0 Å². The van der Waals surface area contributed by atoms with Crippen molar-refractivity contribution in [2.24, 2.45) is 0 Å². The monoisotopic (exact) mass is 443 g/mol. The molecule has 0 radical (unpaired) electrons. The first kappa shape index (κ1) is 21.0. The lowest BCUT2D eigenvalue weighted by atomic mass is 10.1. The van der Waals surface area contributed by atoms with Crippen molar-refractivity contribution in [3.05, 3.63) is 52.9 Å². The third-order valence-corrected chi connectivity index (χ3v) is 5.60. The molecule has 9 heteroatoms. The van der Waals surface area contributed by atoms with Crippen molar-refractivity contribution < 1.29 is 23.5 Å². The number of amides is 1. The fourth-order valence-corrected chi connectivity index (χ4v) is 3.98. The number of benzene rings is 2. The molecule has 1 fully saturated rings. The lowest BCUT2D eigenvalue weighted by molar-refractivity contribution is 0.0709. The van der Waals surface area contributed by atoms with Crippen molar-refractivity contribution in [1.29, 1.82) is 0 Å². The van der Waals surface area contributed by atoms with Gasteiger partial charge in [0, 0.05) is 17.7 Å². The number of rotatable bonds is 6. The van der Waals surface area contributed by atoms with E-state index in [1.807, 2.05) is 18.2 Å². The van der Waals surface area contributed by atoms with E-state index in [1.165, 1.54) is 21.3 Å². The number of nitrogens with zero attached hydrogens (tertiary/aromatic N) is 3. The number of carbonyl (C=O) groups is 1. The number of ether oxygens (including phenoxy) is 3. The van der Waals surface area contributed by atoms with Gasteiger partial charge in [0.1, 0.15) is 6.04 Å². The van der Waals surface area contributed by atoms with Gasteiger partial charge in [-0.05, 0) is 37.1 Å². The summed E-state index contributed by atoms with van der Waals surface area (Å²) in [5, 5.41) is 4.60. The molecule has 0 bridgehead atoms. The molecule has 1 saturated heterocycles. The first-order valence-electron chi connectivity index (χ1n) is 9.76. The van der Waals surface area contributed by atoms with Gasteiger partial charge in [-0.2, -0.15) is 4.98 Å². The van der Waals surface area contributed by atoms with Gasteiger partial charge in [-0.1, -0.05) is 28.9 Å². The summed E-state index contributed by atoms with van der Waals surface area (Å²) in [7, 11) is 4.54. The molecule has 2 aromatic carbocycles. The maximum Gasteiger partial charge on any atom is 0.254 e. The van der Waals surface area contributed by atoms with Crippen LogP contribution < -0.4 is 14.2 Å². The molecule has 1 aliphatic heterocycles. The fraction of sp³-hybridized carbons (Fsp3) is 0.318. The van der Waals surface area contributed by atoms with Crippen LogP contribution in [-0.4, -0.2) is 48.8 Å². The number of halogens is 1. The van der Waals surface area contributed by atoms with Gasteiger partial charge in [-0.25, -0.2) is 0 Å². The Morgan fingerprint density at radius 2 is 1.84 bits per heavy atom. The molecule has 162 valence electrons. The van der Waals surface area contributed by atoms with Gasteiger partial charge in [0.25, 0.3) is 5.91 Å². The second-order valence-electron chi connectivity index (χ2n) is 7.01. The Morgan fingerprint density at radius 1 is 1.13 bits per heavy atom. The van der Waals surface area contributed by atoms with Gasteiger partial charge in [0.05, 0.1) is 26.4 Å². The highest BCUT2D eigenvalue weighted by Crippen LogP contribution is 2.40. The van der Waals surface area contributed by atoms with E-state index < -0.39 is 0 Å². The molecule has 1 atom stereocenters. The number of hydrogen-bond acceptors (Lipinski definition) is 7. The van der Waals surface area contributed by atoms with E-state index in [0.717, 1.165) is 12.8 Å². The molecule has 3 aromatic rings. The smallest absolute Gasteiger partial charge is 0.254 e. The summed E-state index contributed by atoms with van der Waals surface area (Å²) < 4.78 is 21.6. The summed E-state index contributed by atoms with van der Waals surface area (Å²) in [6, 6.07) is 10.2. The number of carbonyl (C=O) groups excluding carboxylic acids is 1. The van der Waals surface area contributed by atoms with Crippen LogP contribution in [0, 0.1) is 0 Å². The van der Waals surface area contributed by atoms with E-state index in [4.69, 9.17) is 30.3 Å². The Balaban J connectivity index is 1.64. The van der Waals surface area contributed by atoms with Crippen LogP contribution >= 0.6 is 11.6 Å².